The summed E-state index contributed by atoms with van der Waals surface area (Å²) in [6.45, 7) is 6.80. The van der Waals surface area contributed by atoms with Crippen molar-refractivity contribution < 1.29 is 4.79 Å². The van der Waals surface area contributed by atoms with Gasteiger partial charge in [-0.3, -0.25) is 0 Å². The molecule has 0 aromatic heterocycles. The Morgan fingerprint density at radius 3 is 2.42 bits per heavy atom. The minimum absolute atomic E-state index is 0.0124. The Balaban J connectivity index is 1.74. The van der Waals surface area contributed by atoms with Crippen LogP contribution in [0.3, 0.4) is 0 Å². The third-order valence-electron chi connectivity index (χ3n) is 7.85. The minimum Gasteiger partial charge on any atom is -0.352 e. The molecule has 1 fully saturated rings. The highest BCUT2D eigenvalue weighted by atomic mass is 16.2. The summed E-state index contributed by atoms with van der Waals surface area (Å²) < 4.78 is 0. The topological polar surface area (TPSA) is 55.1 Å². The Bertz CT molecular complexity index is 994. The van der Waals surface area contributed by atoms with Crippen molar-refractivity contribution in [1.29, 1.82) is 0 Å². The minimum atomic E-state index is -0.407. The van der Waals surface area contributed by atoms with E-state index in [-0.39, 0.29) is 11.5 Å². The van der Waals surface area contributed by atoms with Crippen LogP contribution in [0.4, 0.5) is 4.79 Å². The molecule has 0 bridgehead atoms. The second kappa shape index (κ2) is 10.4. The van der Waals surface area contributed by atoms with E-state index in [9.17, 15) is 4.79 Å². The van der Waals surface area contributed by atoms with Crippen LogP contribution < -0.4 is 11.1 Å². The molecule has 2 aromatic carbocycles. The molecule has 0 saturated heterocycles. The Morgan fingerprint density at radius 2 is 1.76 bits per heavy atom. The number of amides is 2. The van der Waals surface area contributed by atoms with Crippen LogP contribution in [0.1, 0.15) is 75.8 Å². The van der Waals surface area contributed by atoms with Crippen molar-refractivity contribution in [2.45, 2.75) is 70.8 Å². The van der Waals surface area contributed by atoms with Crippen LogP contribution in [0.5, 0.6) is 0 Å². The summed E-state index contributed by atoms with van der Waals surface area (Å²) in [6, 6.07) is 21.2. The number of allylic oxidation sites excluding steroid dienone is 3. The summed E-state index contributed by atoms with van der Waals surface area (Å²) in [5.41, 5.74) is 12.4. The molecular formula is C30H38N2O. The van der Waals surface area contributed by atoms with E-state index < -0.39 is 6.03 Å². The smallest absolute Gasteiger partial charge is 0.312 e. The van der Waals surface area contributed by atoms with Crippen LogP contribution in [0.15, 0.2) is 72.8 Å². The number of carbonyl (C=O) groups excluding carboxylic acids is 1. The zero-order valence-corrected chi connectivity index (χ0v) is 20.0. The molecule has 0 heterocycles. The average molecular weight is 443 g/mol. The van der Waals surface area contributed by atoms with E-state index in [1.54, 1.807) is 5.57 Å². The number of primary amides is 1. The van der Waals surface area contributed by atoms with Gasteiger partial charge in [-0.05, 0) is 66.7 Å². The Labute approximate surface area is 199 Å². The van der Waals surface area contributed by atoms with Crippen molar-refractivity contribution in [3.63, 3.8) is 0 Å². The van der Waals surface area contributed by atoms with Crippen LogP contribution in [0, 0.1) is 11.3 Å². The quantitative estimate of drug-likeness (QED) is 0.371. The molecule has 0 radical (unpaired) electrons. The van der Waals surface area contributed by atoms with Crippen molar-refractivity contribution >= 4 is 17.2 Å². The number of hydrogen-bond acceptors (Lipinski definition) is 1. The lowest BCUT2D eigenvalue weighted by atomic mass is 9.68. The standard InChI is InChI=1S/C30H38N2O/c1-3-4-5-8-17-25-20-26-27(32-29(31)33)18-19-30(26,28(25)24-15-11-7-12-16-24)21-22(2)23-13-9-6-10-14-23/h6-7,9-16,26-27H,2-5,8,17-21H2,1H3,(H3,31,32,33)/t26?,27-,30+/m1/s1. The molecule has 2 amide bonds. The van der Waals surface area contributed by atoms with Crippen LogP contribution in [-0.4, -0.2) is 12.1 Å². The molecule has 1 saturated carbocycles. The van der Waals surface area contributed by atoms with Gasteiger partial charge in [-0.15, -0.1) is 0 Å². The first-order valence-corrected chi connectivity index (χ1v) is 12.6. The van der Waals surface area contributed by atoms with Gasteiger partial charge in [0.2, 0.25) is 0 Å². The number of benzene rings is 2. The molecule has 2 aromatic rings. The average Bonchev–Trinajstić information content (AvgIpc) is 3.31. The van der Waals surface area contributed by atoms with E-state index in [1.165, 1.54) is 48.0 Å². The number of hydrogen-bond donors (Lipinski definition) is 2. The number of nitrogens with one attached hydrogen (secondary N) is 1. The first kappa shape index (κ1) is 23.4. The molecule has 3 heteroatoms. The van der Waals surface area contributed by atoms with Crippen molar-refractivity contribution in [3.8, 4) is 0 Å². The fourth-order valence-electron chi connectivity index (χ4n) is 6.46. The van der Waals surface area contributed by atoms with E-state index in [0.29, 0.717) is 5.92 Å². The predicted octanol–water partition coefficient (Wildman–Crippen LogP) is 7.35. The molecule has 3 nitrogen and oxygen atoms in total. The highest BCUT2D eigenvalue weighted by molar-refractivity contribution is 5.80. The number of fused-ring (bicyclic) bond motifs is 1. The highest BCUT2D eigenvalue weighted by Crippen LogP contribution is 2.64. The molecule has 3 atom stereocenters. The third-order valence-corrected chi connectivity index (χ3v) is 7.85. The Hall–Kier alpha value is -2.81. The summed E-state index contributed by atoms with van der Waals surface area (Å²) >= 11 is 0. The van der Waals surface area contributed by atoms with Gasteiger partial charge in [0, 0.05) is 11.5 Å². The fraction of sp³-hybridized carbons (Fsp3) is 0.433. The summed E-state index contributed by atoms with van der Waals surface area (Å²) in [5.74, 6) is 0.363. The van der Waals surface area contributed by atoms with E-state index in [0.717, 1.165) is 32.1 Å². The summed E-state index contributed by atoms with van der Waals surface area (Å²) in [5, 5.41) is 3.10. The molecule has 3 N–H and O–H groups in total. The zero-order chi connectivity index (χ0) is 23.3. The van der Waals surface area contributed by atoms with Crippen LogP contribution in [-0.2, 0) is 0 Å². The maximum absolute atomic E-state index is 11.8. The lowest BCUT2D eigenvalue weighted by Crippen LogP contribution is -2.42. The lowest BCUT2D eigenvalue weighted by molar-refractivity contribution is 0.234. The third kappa shape index (κ3) is 4.93. The van der Waals surface area contributed by atoms with Gasteiger partial charge < -0.3 is 11.1 Å². The molecular weight excluding hydrogens is 404 g/mol. The number of unbranched alkanes of at least 4 members (excludes halogenated alkanes) is 3. The highest BCUT2D eigenvalue weighted by Gasteiger charge is 2.55. The van der Waals surface area contributed by atoms with Crippen LogP contribution in [0.25, 0.3) is 11.1 Å². The maximum atomic E-state index is 11.8. The van der Waals surface area contributed by atoms with E-state index in [4.69, 9.17) is 5.73 Å². The number of rotatable bonds is 10. The summed E-state index contributed by atoms with van der Waals surface area (Å²) in [4.78, 5) is 11.8. The normalized spacial score (nSPS) is 24.0. The summed E-state index contributed by atoms with van der Waals surface area (Å²) in [7, 11) is 0. The lowest BCUT2D eigenvalue weighted by Gasteiger charge is -2.36. The maximum Gasteiger partial charge on any atom is 0.312 e. The first-order chi connectivity index (χ1) is 16.0. The van der Waals surface area contributed by atoms with Crippen molar-refractivity contribution in [2.75, 3.05) is 0 Å². The van der Waals surface area contributed by atoms with Gasteiger partial charge in [-0.25, -0.2) is 4.79 Å². The molecule has 174 valence electrons. The van der Waals surface area contributed by atoms with Gasteiger partial charge in [0.15, 0.2) is 0 Å². The molecule has 2 aliphatic rings. The predicted molar refractivity (Wildman–Crippen MR) is 138 cm³/mol. The molecule has 33 heavy (non-hydrogen) atoms. The summed E-state index contributed by atoms with van der Waals surface area (Å²) in [6.07, 6.45) is 10.2. The molecule has 2 aliphatic carbocycles. The SMILES string of the molecule is C=C(C[C@@]12CC[C@@H](NC(N)=O)C1CC(CCCCCC)=C2c1ccccc1)c1ccccc1. The van der Waals surface area contributed by atoms with Gasteiger partial charge in [-0.2, -0.15) is 0 Å². The van der Waals surface area contributed by atoms with Gasteiger partial charge in [0.25, 0.3) is 0 Å². The van der Waals surface area contributed by atoms with Gasteiger partial charge in [0.05, 0.1) is 0 Å². The van der Waals surface area contributed by atoms with Gasteiger partial charge in [0.1, 0.15) is 0 Å². The van der Waals surface area contributed by atoms with Crippen molar-refractivity contribution in [1.82, 2.24) is 5.32 Å². The zero-order valence-electron chi connectivity index (χ0n) is 20.0. The molecule has 0 spiro atoms. The van der Waals surface area contributed by atoms with Crippen LogP contribution >= 0.6 is 0 Å². The second-order valence-corrected chi connectivity index (χ2v) is 9.92. The molecule has 4 rings (SSSR count). The van der Waals surface area contributed by atoms with Crippen molar-refractivity contribution in [3.05, 3.63) is 83.9 Å². The van der Waals surface area contributed by atoms with Crippen LogP contribution in [0.2, 0.25) is 0 Å². The number of nitrogens with two attached hydrogens (primary N) is 1. The number of urea groups is 1. The Morgan fingerprint density at radius 1 is 1.06 bits per heavy atom. The van der Waals surface area contributed by atoms with Gasteiger partial charge >= 0.3 is 6.03 Å². The van der Waals surface area contributed by atoms with E-state index >= 15 is 0 Å². The van der Waals surface area contributed by atoms with E-state index in [1.807, 2.05) is 0 Å². The van der Waals surface area contributed by atoms with E-state index in [2.05, 4.69) is 79.5 Å². The number of carbonyl (C=O) groups is 1. The molecule has 0 aliphatic heterocycles. The fourth-order valence-corrected chi connectivity index (χ4v) is 6.46. The Kier molecular flexibility index (Phi) is 7.37. The first-order valence-electron chi connectivity index (χ1n) is 12.6. The monoisotopic (exact) mass is 442 g/mol. The van der Waals surface area contributed by atoms with Crippen molar-refractivity contribution in [2.24, 2.45) is 17.1 Å². The molecule has 1 unspecified atom stereocenters. The van der Waals surface area contributed by atoms with Gasteiger partial charge in [-0.1, -0.05) is 99.0 Å². The largest absolute Gasteiger partial charge is 0.352 e. The second-order valence-electron chi connectivity index (χ2n) is 9.92.